The first-order valence-electron chi connectivity index (χ1n) is 9.58. The van der Waals surface area contributed by atoms with Crippen LogP contribution >= 0.6 is 0 Å². The van der Waals surface area contributed by atoms with Crippen LogP contribution in [0, 0.1) is 0 Å². The Labute approximate surface area is 163 Å². The molecule has 8 heteroatoms. The van der Waals surface area contributed by atoms with E-state index in [1.165, 1.54) is 4.68 Å². The quantitative estimate of drug-likeness (QED) is 0.673. The van der Waals surface area contributed by atoms with E-state index in [1.54, 1.807) is 24.1 Å². The van der Waals surface area contributed by atoms with Crippen molar-refractivity contribution >= 4 is 5.91 Å². The fourth-order valence-corrected chi connectivity index (χ4v) is 3.78. The van der Waals surface area contributed by atoms with Crippen molar-refractivity contribution in [1.29, 1.82) is 0 Å². The highest BCUT2D eigenvalue weighted by Crippen LogP contribution is 2.27. The number of benzene rings is 1. The summed E-state index contributed by atoms with van der Waals surface area (Å²) in [5.74, 6) is 0.897. The molecule has 0 radical (unpaired) electrons. The van der Waals surface area contributed by atoms with Crippen LogP contribution in [0.15, 0.2) is 53.8 Å². The average molecular weight is 380 g/mol. The van der Waals surface area contributed by atoms with Gasteiger partial charge in [0, 0.05) is 51.4 Å². The van der Waals surface area contributed by atoms with Crippen LogP contribution in [0.1, 0.15) is 31.0 Å². The van der Waals surface area contributed by atoms with Crippen molar-refractivity contribution in [2.45, 2.75) is 31.7 Å². The Morgan fingerprint density at radius 3 is 2.82 bits per heavy atom. The van der Waals surface area contributed by atoms with E-state index in [9.17, 15) is 9.59 Å². The summed E-state index contributed by atoms with van der Waals surface area (Å²) in [6, 6.07) is 9.55. The first kappa shape index (κ1) is 18.2. The molecule has 0 unspecified atom stereocenters. The fraction of sp³-hybridized carbons (Fsp3) is 0.400. The Morgan fingerprint density at radius 2 is 2.07 bits per heavy atom. The number of carbonyl (C=O) groups excluding carboxylic acids is 1. The summed E-state index contributed by atoms with van der Waals surface area (Å²) in [4.78, 5) is 31.3. The highest BCUT2D eigenvalue weighted by molar-refractivity contribution is 5.76. The second-order valence-corrected chi connectivity index (χ2v) is 7.16. The number of hydrogen-bond donors (Lipinski definition) is 0. The van der Waals surface area contributed by atoms with Gasteiger partial charge in [0.1, 0.15) is 5.82 Å². The van der Waals surface area contributed by atoms with Crippen LogP contribution in [0.25, 0.3) is 5.69 Å². The van der Waals surface area contributed by atoms with Gasteiger partial charge in [-0.05, 0) is 25.0 Å². The van der Waals surface area contributed by atoms with Gasteiger partial charge < -0.3 is 9.47 Å². The summed E-state index contributed by atoms with van der Waals surface area (Å²) in [5, 5.41) is 4.51. The Balaban J connectivity index is 1.53. The van der Waals surface area contributed by atoms with Crippen LogP contribution in [-0.4, -0.2) is 47.8 Å². The highest BCUT2D eigenvalue weighted by Gasteiger charge is 2.29. The molecule has 8 nitrogen and oxygen atoms in total. The number of carbonyl (C=O) groups is 1. The van der Waals surface area contributed by atoms with Gasteiger partial charge in [-0.1, -0.05) is 18.2 Å². The molecule has 3 heterocycles. The number of nitrogens with zero attached hydrogens (tertiary/aromatic N) is 6. The molecule has 3 aromatic rings. The maximum atomic E-state index is 12.7. The maximum Gasteiger partial charge on any atom is 0.350 e. The highest BCUT2D eigenvalue weighted by atomic mass is 16.2. The molecule has 146 valence electrons. The molecule has 1 aliphatic rings. The third-order valence-electron chi connectivity index (χ3n) is 5.25. The molecule has 0 saturated carbocycles. The lowest BCUT2D eigenvalue weighted by molar-refractivity contribution is -0.132. The molecule has 0 spiro atoms. The molecule has 1 aromatic carbocycles. The molecule has 2 aromatic heterocycles. The lowest BCUT2D eigenvalue weighted by atomic mass is 9.96. The summed E-state index contributed by atoms with van der Waals surface area (Å²) in [7, 11) is 1.67. The molecule has 1 atom stereocenters. The molecular formula is C20H24N6O2. The normalized spacial score (nSPS) is 17.0. The van der Waals surface area contributed by atoms with Crippen molar-refractivity contribution in [3.05, 3.63) is 65.4 Å². The van der Waals surface area contributed by atoms with Crippen LogP contribution in [0.3, 0.4) is 0 Å². The zero-order chi connectivity index (χ0) is 19.5. The molecule has 0 bridgehead atoms. The molecule has 4 rings (SSSR count). The molecule has 28 heavy (non-hydrogen) atoms. The fourth-order valence-electron chi connectivity index (χ4n) is 3.78. The number of para-hydroxylation sites is 1. The van der Waals surface area contributed by atoms with Crippen molar-refractivity contribution < 1.29 is 4.79 Å². The molecular weight excluding hydrogens is 356 g/mol. The van der Waals surface area contributed by atoms with Crippen LogP contribution < -0.4 is 5.69 Å². The van der Waals surface area contributed by atoms with Gasteiger partial charge in [-0.15, -0.1) is 0 Å². The standard InChI is InChI=1S/C20H24N6O2/c1-23-20(28)26(17-7-3-2-4-8-17)19(22-23)16-6-5-11-25(14-16)18(27)9-12-24-13-10-21-15-24/h2-4,7-8,10,13,15-16H,5-6,9,11-12,14H2,1H3/t16-/m1/s1. The summed E-state index contributed by atoms with van der Waals surface area (Å²) in [5.41, 5.74) is 0.643. The zero-order valence-corrected chi connectivity index (χ0v) is 15.9. The molecule has 1 saturated heterocycles. The van der Waals surface area contributed by atoms with Crippen molar-refractivity contribution in [2.75, 3.05) is 13.1 Å². The van der Waals surface area contributed by atoms with Crippen LogP contribution in [0.2, 0.25) is 0 Å². The van der Waals surface area contributed by atoms with E-state index in [2.05, 4.69) is 10.1 Å². The van der Waals surface area contributed by atoms with Gasteiger partial charge in [-0.3, -0.25) is 4.79 Å². The van der Waals surface area contributed by atoms with Crippen LogP contribution in [0.5, 0.6) is 0 Å². The summed E-state index contributed by atoms with van der Waals surface area (Å²) < 4.78 is 4.96. The van der Waals surface area contributed by atoms with Crippen LogP contribution in [0.4, 0.5) is 0 Å². The third-order valence-corrected chi connectivity index (χ3v) is 5.25. The number of aryl methyl sites for hydroxylation is 2. The molecule has 1 aliphatic heterocycles. The van der Waals surface area contributed by atoms with Gasteiger partial charge in [0.15, 0.2) is 0 Å². The second-order valence-electron chi connectivity index (χ2n) is 7.16. The first-order chi connectivity index (χ1) is 13.6. The summed E-state index contributed by atoms with van der Waals surface area (Å²) in [6.07, 6.45) is 7.55. The van der Waals surface area contributed by atoms with Crippen molar-refractivity contribution in [2.24, 2.45) is 7.05 Å². The van der Waals surface area contributed by atoms with Gasteiger partial charge in [0.25, 0.3) is 0 Å². The van der Waals surface area contributed by atoms with E-state index < -0.39 is 0 Å². The lowest BCUT2D eigenvalue weighted by Gasteiger charge is -2.32. The van der Waals surface area contributed by atoms with E-state index in [0.29, 0.717) is 19.5 Å². The minimum atomic E-state index is -0.162. The van der Waals surface area contributed by atoms with Crippen molar-refractivity contribution in [3.63, 3.8) is 0 Å². The Bertz CT molecular complexity index is 990. The topological polar surface area (TPSA) is 78.0 Å². The first-order valence-corrected chi connectivity index (χ1v) is 9.58. The minimum absolute atomic E-state index is 0.0417. The van der Waals surface area contributed by atoms with E-state index in [4.69, 9.17) is 0 Å². The summed E-state index contributed by atoms with van der Waals surface area (Å²) >= 11 is 0. The Morgan fingerprint density at radius 1 is 1.25 bits per heavy atom. The van der Waals surface area contributed by atoms with Gasteiger partial charge >= 0.3 is 5.69 Å². The number of imidazole rings is 1. The monoisotopic (exact) mass is 380 g/mol. The summed E-state index contributed by atoms with van der Waals surface area (Å²) in [6.45, 7) is 1.96. The van der Waals surface area contributed by atoms with Crippen molar-refractivity contribution in [1.82, 2.24) is 28.8 Å². The van der Waals surface area contributed by atoms with Gasteiger partial charge in [0.2, 0.25) is 5.91 Å². The smallest absolute Gasteiger partial charge is 0.342 e. The Hall–Kier alpha value is -3.16. The SMILES string of the molecule is Cn1nc([C@@H]2CCCN(C(=O)CCn3ccnc3)C2)n(-c2ccccc2)c1=O. The number of hydrogen-bond acceptors (Lipinski definition) is 4. The molecule has 1 amide bonds. The zero-order valence-electron chi connectivity index (χ0n) is 15.9. The van der Waals surface area contributed by atoms with Gasteiger partial charge in [0.05, 0.1) is 12.0 Å². The van der Waals surface area contributed by atoms with E-state index in [1.807, 2.05) is 46.0 Å². The predicted molar refractivity (Wildman–Crippen MR) is 104 cm³/mol. The molecule has 0 aliphatic carbocycles. The maximum absolute atomic E-state index is 12.7. The number of aromatic nitrogens is 5. The molecule has 0 N–H and O–H groups in total. The Kier molecular flexibility index (Phi) is 5.10. The second kappa shape index (κ2) is 7.84. The minimum Gasteiger partial charge on any atom is -0.342 e. The van der Waals surface area contributed by atoms with Gasteiger partial charge in [-0.2, -0.15) is 5.10 Å². The van der Waals surface area contributed by atoms with E-state index in [-0.39, 0.29) is 17.5 Å². The number of piperidine rings is 1. The third kappa shape index (κ3) is 3.62. The molecule has 1 fully saturated rings. The lowest BCUT2D eigenvalue weighted by Crippen LogP contribution is -2.40. The number of amides is 1. The van der Waals surface area contributed by atoms with Crippen LogP contribution in [-0.2, 0) is 18.4 Å². The largest absolute Gasteiger partial charge is 0.350 e. The van der Waals surface area contributed by atoms with Gasteiger partial charge in [-0.25, -0.2) is 19.0 Å². The van der Waals surface area contributed by atoms with E-state index >= 15 is 0 Å². The van der Waals surface area contributed by atoms with Crippen molar-refractivity contribution in [3.8, 4) is 5.69 Å². The predicted octanol–water partition coefficient (Wildman–Crippen LogP) is 1.56. The number of likely N-dealkylation sites (tertiary alicyclic amines) is 1. The average Bonchev–Trinajstić information content (AvgIpc) is 3.35. The van der Waals surface area contributed by atoms with E-state index in [0.717, 1.165) is 30.9 Å². The number of rotatable bonds is 5.